The quantitative estimate of drug-likeness (QED) is 0.396. The summed E-state index contributed by atoms with van der Waals surface area (Å²) in [7, 11) is 0. The van der Waals surface area contributed by atoms with E-state index in [1.54, 1.807) is 6.26 Å². The fourth-order valence-electron chi connectivity index (χ4n) is 1.18. The van der Waals surface area contributed by atoms with Crippen LogP contribution < -0.4 is 0 Å². The van der Waals surface area contributed by atoms with E-state index < -0.39 is 0 Å². The molecule has 0 unspecified atom stereocenters. The lowest BCUT2D eigenvalue weighted by Gasteiger charge is -1.91. The molecule has 3 heteroatoms. The second kappa shape index (κ2) is 2.70. The van der Waals surface area contributed by atoms with Gasteiger partial charge in [-0.2, -0.15) is 0 Å². The number of oxime groups is 1. The molecule has 0 spiro atoms. The number of fused-ring (bicyclic) bond motifs is 1. The van der Waals surface area contributed by atoms with Gasteiger partial charge >= 0.3 is 0 Å². The largest absolute Gasteiger partial charge is 0.464 e. The summed E-state index contributed by atoms with van der Waals surface area (Å²) < 4.78 is 5.20. The van der Waals surface area contributed by atoms with Gasteiger partial charge < -0.3 is 9.62 Å². The molecule has 0 atom stereocenters. The summed E-state index contributed by atoms with van der Waals surface area (Å²) in [6, 6.07) is 7.51. The van der Waals surface area contributed by atoms with Gasteiger partial charge in [-0.3, -0.25) is 0 Å². The van der Waals surface area contributed by atoms with E-state index in [1.807, 2.05) is 24.3 Å². The third-order valence-corrected chi connectivity index (χ3v) is 1.71. The Morgan fingerprint density at radius 3 is 3.08 bits per heavy atom. The van der Waals surface area contributed by atoms with E-state index in [0.717, 1.165) is 16.5 Å². The van der Waals surface area contributed by atoms with E-state index in [0.29, 0.717) is 0 Å². The second-order valence-electron chi connectivity index (χ2n) is 2.43. The van der Waals surface area contributed by atoms with Gasteiger partial charge in [0, 0.05) is 10.9 Å². The molecule has 0 fully saturated rings. The van der Waals surface area contributed by atoms with Crippen LogP contribution in [0.15, 0.2) is 40.1 Å². The molecule has 2 rings (SSSR count). The Bertz CT molecular complexity index is 417. The third kappa shape index (κ3) is 0.955. The molecule has 1 N–H and O–H groups in total. The van der Waals surface area contributed by atoms with Crippen LogP contribution in [0.2, 0.25) is 0 Å². The van der Waals surface area contributed by atoms with Crippen molar-refractivity contribution in [2.24, 2.45) is 5.16 Å². The first-order valence-corrected chi connectivity index (χ1v) is 3.55. The topological polar surface area (TPSA) is 45.7 Å². The molecule has 1 aromatic heterocycles. The van der Waals surface area contributed by atoms with Gasteiger partial charge in [-0.1, -0.05) is 17.3 Å². The summed E-state index contributed by atoms with van der Waals surface area (Å²) in [6.07, 6.45) is 2.96. The van der Waals surface area contributed by atoms with Crippen molar-refractivity contribution < 1.29 is 9.62 Å². The number of rotatable bonds is 1. The molecule has 3 nitrogen and oxygen atoms in total. The first-order chi connectivity index (χ1) is 5.92. The number of furan rings is 1. The lowest BCUT2D eigenvalue weighted by molar-refractivity contribution is 0.322. The minimum absolute atomic E-state index is 0.746. The normalized spacial score (nSPS) is 11.3. The molecule has 0 aliphatic rings. The number of benzene rings is 1. The van der Waals surface area contributed by atoms with Crippen molar-refractivity contribution in [1.29, 1.82) is 0 Å². The first-order valence-electron chi connectivity index (χ1n) is 3.55. The summed E-state index contributed by atoms with van der Waals surface area (Å²) in [6.45, 7) is 0. The average Bonchev–Trinajstić information content (AvgIpc) is 2.53. The Hall–Kier alpha value is -1.77. The molecule has 0 saturated carbocycles. The highest BCUT2D eigenvalue weighted by Crippen LogP contribution is 2.17. The maximum absolute atomic E-state index is 8.34. The van der Waals surface area contributed by atoms with Crippen LogP contribution in [-0.2, 0) is 0 Å². The van der Waals surface area contributed by atoms with Crippen LogP contribution in [-0.4, -0.2) is 11.4 Å². The average molecular weight is 161 g/mol. The number of nitrogens with zero attached hydrogens (tertiary/aromatic N) is 1. The molecule has 1 aromatic carbocycles. The van der Waals surface area contributed by atoms with Crippen molar-refractivity contribution in [3.05, 3.63) is 36.1 Å². The van der Waals surface area contributed by atoms with Crippen LogP contribution in [0.1, 0.15) is 5.56 Å². The van der Waals surface area contributed by atoms with Gasteiger partial charge in [-0.15, -0.1) is 0 Å². The predicted octanol–water partition coefficient (Wildman–Crippen LogP) is 2.24. The molecule has 0 radical (unpaired) electrons. The van der Waals surface area contributed by atoms with Crippen LogP contribution in [0.25, 0.3) is 11.0 Å². The smallest absolute Gasteiger partial charge is 0.142 e. The van der Waals surface area contributed by atoms with E-state index >= 15 is 0 Å². The van der Waals surface area contributed by atoms with E-state index in [9.17, 15) is 0 Å². The molecule has 0 aliphatic heterocycles. The van der Waals surface area contributed by atoms with Crippen LogP contribution in [0, 0.1) is 0 Å². The highest BCUT2D eigenvalue weighted by molar-refractivity contribution is 5.96. The minimum atomic E-state index is 0.746. The fraction of sp³-hybridized carbons (Fsp3) is 0. The molecule has 2 aromatic rings. The molecular formula is C9H7NO2. The molecular weight excluding hydrogens is 154 g/mol. The first kappa shape index (κ1) is 6.91. The Balaban J connectivity index is 2.73. The van der Waals surface area contributed by atoms with Crippen molar-refractivity contribution >= 4 is 17.2 Å². The monoisotopic (exact) mass is 161 g/mol. The van der Waals surface area contributed by atoms with Crippen LogP contribution in [0.3, 0.4) is 0 Å². The van der Waals surface area contributed by atoms with E-state index in [1.165, 1.54) is 6.21 Å². The predicted molar refractivity (Wildman–Crippen MR) is 45.6 cm³/mol. The van der Waals surface area contributed by atoms with Crippen molar-refractivity contribution in [3.63, 3.8) is 0 Å². The summed E-state index contributed by atoms with van der Waals surface area (Å²) in [4.78, 5) is 0. The van der Waals surface area contributed by atoms with Gasteiger partial charge in [0.15, 0.2) is 0 Å². The van der Waals surface area contributed by atoms with Crippen LogP contribution in [0.4, 0.5) is 0 Å². The van der Waals surface area contributed by atoms with Gasteiger partial charge in [-0.25, -0.2) is 0 Å². The molecule has 1 heterocycles. The Kier molecular flexibility index (Phi) is 1.55. The molecule has 0 bridgehead atoms. The van der Waals surface area contributed by atoms with Gasteiger partial charge in [0.05, 0.1) is 12.5 Å². The number of para-hydroxylation sites is 1. The number of hydrogen-bond acceptors (Lipinski definition) is 3. The lowest BCUT2D eigenvalue weighted by atomic mass is 10.2. The summed E-state index contributed by atoms with van der Waals surface area (Å²) in [5.41, 5.74) is 1.52. The maximum Gasteiger partial charge on any atom is 0.142 e. The van der Waals surface area contributed by atoms with Gasteiger partial charge in [0.1, 0.15) is 5.58 Å². The van der Waals surface area contributed by atoms with Gasteiger partial charge in [0.2, 0.25) is 0 Å². The number of hydrogen-bond donors (Lipinski definition) is 1. The summed E-state index contributed by atoms with van der Waals surface area (Å²) >= 11 is 0. The van der Waals surface area contributed by atoms with E-state index in [4.69, 9.17) is 9.62 Å². The highest BCUT2D eigenvalue weighted by atomic mass is 16.4. The standard InChI is InChI=1S/C9H7NO2/c11-10-6-8-3-1-2-7-4-5-12-9(7)8/h1-6,11H. The Morgan fingerprint density at radius 1 is 1.33 bits per heavy atom. The van der Waals surface area contributed by atoms with Crippen molar-refractivity contribution in [3.8, 4) is 0 Å². The SMILES string of the molecule is ON=Cc1cccc2ccoc12. The fourth-order valence-corrected chi connectivity index (χ4v) is 1.18. The molecule has 0 aliphatic carbocycles. The third-order valence-electron chi connectivity index (χ3n) is 1.71. The van der Waals surface area contributed by atoms with E-state index in [-0.39, 0.29) is 0 Å². The highest BCUT2D eigenvalue weighted by Gasteiger charge is 2.00. The summed E-state index contributed by atoms with van der Waals surface area (Å²) in [5, 5.41) is 12.3. The van der Waals surface area contributed by atoms with E-state index in [2.05, 4.69) is 5.16 Å². The molecule has 0 amide bonds. The van der Waals surface area contributed by atoms with Gasteiger partial charge in [-0.05, 0) is 12.1 Å². The zero-order valence-corrected chi connectivity index (χ0v) is 6.27. The van der Waals surface area contributed by atoms with Crippen LogP contribution in [0.5, 0.6) is 0 Å². The zero-order chi connectivity index (χ0) is 8.39. The van der Waals surface area contributed by atoms with Crippen molar-refractivity contribution in [1.82, 2.24) is 0 Å². The minimum Gasteiger partial charge on any atom is -0.464 e. The lowest BCUT2D eigenvalue weighted by Crippen LogP contribution is -1.80. The summed E-state index contributed by atoms with van der Waals surface area (Å²) in [5.74, 6) is 0. The van der Waals surface area contributed by atoms with Crippen molar-refractivity contribution in [2.45, 2.75) is 0 Å². The maximum atomic E-state index is 8.34. The second-order valence-corrected chi connectivity index (χ2v) is 2.43. The zero-order valence-electron chi connectivity index (χ0n) is 6.27. The Morgan fingerprint density at radius 2 is 2.25 bits per heavy atom. The van der Waals surface area contributed by atoms with Gasteiger partial charge in [0.25, 0.3) is 0 Å². The molecule has 60 valence electrons. The molecule has 0 saturated heterocycles. The van der Waals surface area contributed by atoms with Crippen LogP contribution >= 0.6 is 0 Å². The molecule has 12 heavy (non-hydrogen) atoms. The van der Waals surface area contributed by atoms with Crippen molar-refractivity contribution in [2.75, 3.05) is 0 Å². The Labute approximate surface area is 68.9 Å².